The molecular weight excluding hydrogens is 322 g/mol. The van der Waals surface area contributed by atoms with Crippen molar-refractivity contribution >= 4 is 23.2 Å². The molecule has 0 atom stereocenters. The summed E-state index contributed by atoms with van der Waals surface area (Å²) in [6, 6.07) is 13.4. The van der Waals surface area contributed by atoms with Gasteiger partial charge in [0.15, 0.2) is 5.78 Å². The average molecular weight is 337 g/mol. The van der Waals surface area contributed by atoms with Crippen molar-refractivity contribution in [1.29, 1.82) is 0 Å². The van der Waals surface area contributed by atoms with Crippen LogP contribution in [0.4, 0.5) is 0 Å². The maximum Gasteiger partial charge on any atom is 0.197 e. The number of hydrogen-bond donors (Lipinski definition) is 2. The van der Waals surface area contributed by atoms with E-state index in [0.717, 1.165) is 16.1 Å². The Labute approximate surface area is 143 Å². The van der Waals surface area contributed by atoms with Gasteiger partial charge < -0.3 is 10.2 Å². The molecule has 4 nitrogen and oxygen atoms in total. The third kappa shape index (κ3) is 3.52. The van der Waals surface area contributed by atoms with Gasteiger partial charge in [-0.15, -0.1) is 11.3 Å². The summed E-state index contributed by atoms with van der Waals surface area (Å²) in [6.07, 6.45) is 3.15. The predicted molar refractivity (Wildman–Crippen MR) is 95.4 cm³/mol. The summed E-state index contributed by atoms with van der Waals surface area (Å²) < 4.78 is 0. The standard InChI is InChI=1S/C19H15NO3S/c1-12-18(17(23)10-5-13-3-2-4-16(22)11-13)24-19(20-12)14-6-8-15(21)9-7-14/h2-11,21-22H,1H3. The first-order valence-corrected chi connectivity index (χ1v) is 8.13. The Kier molecular flexibility index (Phi) is 4.44. The van der Waals surface area contributed by atoms with Gasteiger partial charge in [0, 0.05) is 5.56 Å². The molecule has 0 aliphatic carbocycles. The van der Waals surface area contributed by atoms with Crippen molar-refractivity contribution in [3.8, 4) is 22.1 Å². The Morgan fingerprint density at radius 2 is 1.83 bits per heavy atom. The molecule has 2 N–H and O–H groups in total. The summed E-state index contributed by atoms with van der Waals surface area (Å²) in [6.45, 7) is 1.80. The van der Waals surface area contributed by atoms with Gasteiger partial charge >= 0.3 is 0 Å². The number of ketones is 1. The van der Waals surface area contributed by atoms with Gasteiger partial charge in [-0.05, 0) is 55.0 Å². The van der Waals surface area contributed by atoms with Crippen LogP contribution in [0.25, 0.3) is 16.6 Å². The Bertz CT molecular complexity index is 911. The van der Waals surface area contributed by atoms with Crippen LogP contribution in [-0.4, -0.2) is 21.0 Å². The number of thiazole rings is 1. The van der Waals surface area contributed by atoms with Crippen molar-refractivity contribution in [2.24, 2.45) is 0 Å². The number of benzene rings is 2. The van der Waals surface area contributed by atoms with E-state index in [4.69, 9.17) is 0 Å². The van der Waals surface area contributed by atoms with Crippen molar-refractivity contribution in [2.75, 3.05) is 0 Å². The summed E-state index contributed by atoms with van der Waals surface area (Å²) >= 11 is 1.32. The minimum atomic E-state index is -0.127. The van der Waals surface area contributed by atoms with E-state index in [9.17, 15) is 15.0 Å². The minimum absolute atomic E-state index is 0.127. The van der Waals surface area contributed by atoms with E-state index in [-0.39, 0.29) is 17.3 Å². The quantitative estimate of drug-likeness (QED) is 0.546. The van der Waals surface area contributed by atoms with Crippen LogP contribution >= 0.6 is 11.3 Å². The highest BCUT2D eigenvalue weighted by Crippen LogP contribution is 2.29. The number of hydrogen-bond acceptors (Lipinski definition) is 5. The number of phenolic OH excluding ortho intramolecular Hbond substituents is 2. The van der Waals surface area contributed by atoms with Gasteiger partial charge in [-0.3, -0.25) is 4.79 Å². The SMILES string of the molecule is Cc1nc(-c2ccc(O)cc2)sc1C(=O)C=Cc1cccc(O)c1. The maximum absolute atomic E-state index is 12.4. The predicted octanol–water partition coefficient (Wildman–Crippen LogP) is 4.43. The van der Waals surface area contributed by atoms with Gasteiger partial charge in [-0.2, -0.15) is 0 Å². The Morgan fingerprint density at radius 1 is 1.08 bits per heavy atom. The van der Waals surface area contributed by atoms with Gasteiger partial charge in [0.2, 0.25) is 0 Å². The molecule has 3 aromatic rings. The zero-order valence-corrected chi connectivity index (χ0v) is 13.7. The second-order valence-corrected chi connectivity index (χ2v) is 6.27. The number of aromatic hydroxyl groups is 2. The molecule has 0 radical (unpaired) electrons. The van der Waals surface area contributed by atoms with E-state index in [0.29, 0.717) is 10.6 Å². The van der Waals surface area contributed by atoms with E-state index in [1.54, 1.807) is 55.5 Å². The monoisotopic (exact) mass is 337 g/mol. The van der Waals surface area contributed by atoms with Crippen molar-refractivity contribution in [3.63, 3.8) is 0 Å². The summed E-state index contributed by atoms with van der Waals surface area (Å²) in [4.78, 5) is 17.4. The first kappa shape index (κ1) is 16.0. The molecule has 0 spiro atoms. The van der Waals surface area contributed by atoms with Crippen molar-refractivity contribution in [2.45, 2.75) is 6.92 Å². The third-order valence-electron chi connectivity index (χ3n) is 3.43. The summed E-state index contributed by atoms with van der Waals surface area (Å²) in [5, 5.41) is 19.5. The second-order valence-electron chi connectivity index (χ2n) is 5.27. The smallest absolute Gasteiger partial charge is 0.197 e. The van der Waals surface area contributed by atoms with E-state index < -0.39 is 0 Å². The lowest BCUT2D eigenvalue weighted by molar-refractivity contribution is 0.105. The highest BCUT2D eigenvalue weighted by atomic mass is 32.1. The van der Waals surface area contributed by atoms with E-state index in [1.165, 1.54) is 17.4 Å². The van der Waals surface area contributed by atoms with Crippen LogP contribution in [0.2, 0.25) is 0 Å². The minimum Gasteiger partial charge on any atom is -0.508 e. The van der Waals surface area contributed by atoms with Gasteiger partial charge in [0.25, 0.3) is 0 Å². The van der Waals surface area contributed by atoms with Crippen LogP contribution in [0.3, 0.4) is 0 Å². The summed E-state index contributed by atoms with van der Waals surface area (Å²) in [7, 11) is 0. The summed E-state index contributed by atoms with van der Waals surface area (Å²) in [5.41, 5.74) is 2.29. The second kappa shape index (κ2) is 6.68. The highest BCUT2D eigenvalue weighted by molar-refractivity contribution is 7.17. The van der Waals surface area contributed by atoms with Gasteiger partial charge in [-0.25, -0.2) is 4.98 Å². The lowest BCUT2D eigenvalue weighted by atomic mass is 10.1. The normalized spacial score (nSPS) is 11.0. The fourth-order valence-corrected chi connectivity index (χ4v) is 3.22. The number of aromatic nitrogens is 1. The zero-order valence-electron chi connectivity index (χ0n) is 12.9. The van der Waals surface area contributed by atoms with Crippen molar-refractivity contribution < 1.29 is 15.0 Å². The largest absolute Gasteiger partial charge is 0.508 e. The molecule has 3 rings (SSSR count). The molecular formula is C19H15NO3S. The van der Waals surface area contributed by atoms with Crippen LogP contribution in [0.1, 0.15) is 20.9 Å². The summed E-state index contributed by atoms with van der Waals surface area (Å²) in [5.74, 6) is 0.226. The Morgan fingerprint density at radius 3 is 2.54 bits per heavy atom. The third-order valence-corrected chi connectivity index (χ3v) is 4.65. The van der Waals surface area contributed by atoms with Crippen LogP contribution in [-0.2, 0) is 0 Å². The van der Waals surface area contributed by atoms with Crippen LogP contribution in [0, 0.1) is 6.92 Å². The fourth-order valence-electron chi connectivity index (χ4n) is 2.23. The van der Waals surface area contributed by atoms with Crippen LogP contribution in [0.15, 0.2) is 54.6 Å². The maximum atomic E-state index is 12.4. The molecule has 0 aliphatic rings. The molecule has 0 amide bonds. The lowest BCUT2D eigenvalue weighted by Crippen LogP contribution is -1.93. The lowest BCUT2D eigenvalue weighted by Gasteiger charge is -1.95. The molecule has 5 heteroatoms. The molecule has 0 saturated heterocycles. The molecule has 0 saturated carbocycles. The zero-order chi connectivity index (χ0) is 17.1. The number of allylic oxidation sites excluding steroid dienone is 1. The van der Waals surface area contributed by atoms with Crippen LogP contribution in [0.5, 0.6) is 11.5 Å². The number of nitrogens with zero attached hydrogens (tertiary/aromatic N) is 1. The Balaban J connectivity index is 1.84. The topological polar surface area (TPSA) is 70.4 Å². The molecule has 0 unspecified atom stereocenters. The molecule has 1 aromatic heterocycles. The Hall–Kier alpha value is -2.92. The highest BCUT2D eigenvalue weighted by Gasteiger charge is 2.14. The van der Waals surface area contributed by atoms with E-state index in [1.807, 2.05) is 6.07 Å². The molecule has 1 heterocycles. The van der Waals surface area contributed by atoms with Gasteiger partial charge in [0.05, 0.1) is 10.6 Å². The molecule has 2 aromatic carbocycles. The molecule has 0 aliphatic heterocycles. The van der Waals surface area contributed by atoms with E-state index >= 15 is 0 Å². The average Bonchev–Trinajstić information content (AvgIpc) is 2.95. The molecule has 24 heavy (non-hydrogen) atoms. The fraction of sp³-hybridized carbons (Fsp3) is 0.0526. The number of carbonyl (C=O) groups excluding carboxylic acids is 1. The number of carbonyl (C=O) groups is 1. The first-order chi connectivity index (χ1) is 11.5. The molecule has 0 fully saturated rings. The van der Waals surface area contributed by atoms with Crippen LogP contribution < -0.4 is 0 Å². The van der Waals surface area contributed by atoms with Crippen molar-refractivity contribution in [3.05, 3.63) is 70.7 Å². The molecule has 120 valence electrons. The first-order valence-electron chi connectivity index (χ1n) is 7.31. The van der Waals surface area contributed by atoms with Crippen molar-refractivity contribution in [1.82, 2.24) is 4.98 Å². The van der Waals surface area contributed by atoms with E-state index in [2.05, 4.69) is 4.98 Å². The van der Waals surface area contributed by atoms with Gasteiger partial charge in [0.1, 0.15) is 16.5 Å². The number of aryl methyl sites for hydroxylation is 1. The van der Waals surface area contributed by atoms with Gasteiger partial charge in [-0.1, -0.05) is 18.2 Å². The number of phenols is 2. The number of rotatable bonds is 4. The molecule has 0 bridgehead atoms.